The number of hydrogen-bond acceptors (Lipinski definition) is 6. The summed E-state index contributed by atoms with van der Waals surface area (Å²) in [5, 5.41) is 6.80. The van der Waals surface area contributed by atoms with E-state index in [1.165, 1.54) is 11.3 Å². The summed E-state index contributed by atoms with van der Waals surface area (Å²) in [6, 6.07) is 8.80. The smallest absolute Gasteiger partial charge is 0.358 e. The van der Waals surface area contributed by atoms with Crippen molar-refractivity contribution in [2.75, 3.05) is 13.2 Å². The van der Waals surface area contributed by atoms with Gasteiger partial charge in [0.25, 0.3) is 5.91 Å². The maximum absolute atomic E-state index is 11.9. The molecule has 0 fully saturated rings. The average Bonchev–Trinajstić information content (AvgIpc) is 3.09. The molecular weight excluding hydrogens is 330 g/mol. The zero-order valence-electron chi connectivity index (χ0n) is 13.1. The SMILES string of the molecule is CCCNC(=O)NC(=O)COC(=O)c1csc(-c2ccccc2)n1. The molecule has 0 bridgehead atoms. The highest BCUT2D eigenvalue weighted by atomic mass is 32.1. The summed E-state index contributed by atoms with van der Waals surface area (Å²) in [6.45, 7) is 1.80. The Bertz CT molecular complexity index is 715. The van der Waals surface area contributed by atoms with Gasteiger partial charge in [0.05, 0.1) is 0 Å². The molecule has 0 radical (unpaired) electrons. The van der Waals surface area contributed by atoms with Gasteiger partial charge in [-0.3, -0.25) is 10.1 Å². The van der Waals surface area contributed by atoms with E-state index in [0.717, 1.165) is 12.0 Å². The van der Waals surface area contributed by atoms with Gasteiger partial charge in [0.1, 0.15) is 5.01 Å². The van der Waals surface area contributed by atoms with E-state index in [1.807, 2.05) is 37.3 Å². The molecule has 24 heavy (non-hydrogen) atoms. The van der Waals surface area contributed by atoms with E-state index < -0.39 is 24.5 Å². The number of imide groups is 1. The summed E-state index contributed by atoms with van der Waals surface area (Å²) in [5.41, 5.74) is 1.02. The van der Waals surface area contributed by atoms with Crippen LogP contribution in [0.5, 0.6) is 0 Å². The lowest BCUT2D eigenvalue weighted by atomic mass is 10.2. The minimum atomic E-state index is -0.711. The Morgan fingerprint density at radius 2 is 1.96 bits per heavy atom. The number of carbonyl (C=O) groups excluding carboxylic acids is 3. The Morgan fingerprint density at radius 3 is 2.67 bits per heavy atom. The van der Waals surface area contributed by atoms with E-state index in [0.29, 0.717) is 11.6 Å². The number of ether oxygens (including phenoxy) is 1. The van der Waals surface area contributed by atoms with Crippen molar-refractivity contribution in [2.24, 2.45) is 0 Å². The highest BCUT2D eigenvalue weighted by Crippen LogP contribution is 2.23. The topological polar surface area (TPSA) is 97.4 Å². The Balaban J connectivity index is 1.84. The molecule has 1 aromatic heterocycles. The normalized spacial score (nSPS) is 10.0. The lowest BCUT2D eigenvalue weighted by molar-refractivity contribution is -0.123. The van der Waals surface area contributed by atoms with E-state index in [1.54, 1.807) is 5.38 Å². The van der Waals surface area contributed by atoms with Gasteiger partial charge < -0.3 is 10.1 Å². The molecule has 0 saturated heterocycles. The van der Waals surface area contributed by atoms with Crippen molar-refractivity contribution in [1.82, 2.24) is 15.6 Å². The second-order valence-corrected chi connectivity index (χ2v) is 5.64. The molecule has 0 saturated carbocycles. The van der Waals surface area contributed by atoms with Gasteiger partial charge in [-0.15, -0.1) is 11.3 Å². The second kappa shape index (κ2) is 8.78. The van der Waals surface area contributed by atoms with Gasteiger partial charge >= 0.3 is 12.0 Å². The maximum atomic E-state index is 11.9. The van der Waals surface area contributed by atoms with Crippen molar-refractivity contribution >= 4 is 29.2 Å². The number of hydrogen-bond donors (Lipinski definition) is 2. The molecule has 3 amide bonds. The van der Waals surface area contributed by atoms with Crippen molar-refractivity contribution in [3.05, 3.63) is 41.4 Å². The Morgan fingerprint density at radius 1 is 1.21 bits per heavy atom. The summed E-state index contributed by atoms with van der Waals surface area (Å²) < 4.78 is 4.86. The number of thiazole rings is 1. The van der Waals surface area contributed by atoms with Crippen LogP contribution >= 0.6 is 11.3 Å². The van der Waals surface area contributed by atoms with Crippen LogP contribution in [0.3, 0.4) is 0 Å². The van der Waals surface area contributed by atoms with Gasteiger partial charge in [-0.1, -0.05) is 37.3 Å². The lowest BCUT2D eigenvalue weighted by Gasteiger charge is -2.05. The lowest BCUT2D eigenvalue weighted by Crippen LogP contribution is -2.41. The zero-order chi connectivity index (χ0) is 17.4. The molecule has 2 aromatic rings. The third-order valence-electron chi connectivity index (χ3n) is 2.86. The van der Waals surface area contributed by atoms with Crippen molar-refractivity contribution in [1.29, 1.82) is 0 Å². The van der Waals surface area contributed by atoms with Crippen LogP contribution < -0.4 is 10.6 Å². The van der Waals surface area contributed by atoms with Gasteiger partial charge in [-0.2, -0.15) is 0 Å². The number of esters is 1. The predicted octanol–water partition coefficient (Wildman–Crippen LogP) is 2.20. The first-order valence-corrected chi connectivity index (χ1v) is 8.24. The first-order valence-electron chi connectivity index (χ1n) is 7.36. The third kappa shape index (κ3) is 5.17. The molecule has 0 aliphatic carbocycles. The summed E-state index contributed by atoms with van der Waals surface area (Å²) in [5.74, 6) is -1.41. The predicted molar refractivity (Wildman–Crippen MR) is 89.7 cm³/mol. The Labute approximate surface area is 143 Å². The van der Waals surface area contributed by atoms with Crippen LogP contribution in [0.15, 0.2) is 35.7 Å². The molecule has 0 atom stereocenters. The monoisotopic (exact) mass is 347 g/mol. The van der Waals surface area contributed by atoms with Crippen LogP contribution in [-0.4, -0.2) is 36.0 Å². The summed E-state index contributed by atoms with van der Waals surface area (Å²) in [6.07, 6.45) is 0.754. The number of urea groups is 1. The van der Waals surface area contributed by atoms with E-state index in [4.69, 9.17) is 4.74 Å². The van der Waals surface area contributed by atoms with Crippen LogP contribution in [0.4, 0.5) is 4.79 Å². The number of rotatable bonds is 6. The third-order valence-corrected chi connectivity index (χ3v) is 3.75. The molecule has 0 spiro atoms. The van der Waals surface area contributed by atoms with E-state index >= 15 is 0 Å². The largest absolute Gasteiger partial charge is 0.451 e. The fraction of sp³-hybridized carbons (Fsp3) is 0.250. The number of aromatic nitrogens is 1. The van der Waals surface area contributed by atoms with Gasteiger partial charge in [0, 0.05) is 17.5 Å². The van der Waals surface area contributed by atoms with Crippen LogP contribution in [0.1, 0.15) is 23.8 Å². The van der Waals surface area contributed by atoms with Gasteiger partial charge in [0.15, 0.2) is 12.3 Å². The van der Waals surface area contributed by atoms with Crippen LogP contribution in [0.25, 0.3) is 10.6 Å². The molecule has 0 unspecified atom stereocenters. The number of nitrogens with one attached hydrogen (secondary N) is 2. The first-order chi connectivity index (χ1) is 11.6. The second-order valence-electron chi connectivity index (χ2n) is 4.78. The number of benzene rings is 1. The van der Waals surface area contributed by atoms with Gasteiger partial charge in [0.2, 0.25) is 0 Å². The molecular formula is C16H17N3O4S. The number of amides is 3. The van der Waals surface area contributed by atoms with Crippen molar-refractivity contribution < 1.29 is 19.1 Å². The standard InChI is InChI=1S/C16H17N3O4S/c1-2-8-17-16(22)19-13(20)9-23-15(21)12-10-24-14(18-12)11-6-4-3-5-7-11/h3-7,10H,2,8-9H2,1H3,(H2,17,19,20,22). The fourth-order valence-electron chi connectivity index (χ4n) is 1.73. The van der Waals surface area contributed by atoms with E-state index in [-0.39, 0.29) is 5.69 Å². The van der Waals surface area contributed by atoms with Gasteiger partial charge in [-0.25, -0.2) is 14.6 Å². The zero-order valence-corrected chi connectivity index (χ0v) is 13.9. The first kappa shape index (κ1) is 17.6. The number of nitrogens with zero attached hydrogens (tertiary/aromatic N) is 1. The average molecular weight is 347 g/mol. The minimum absolute atomic E-state index is 0.127. The molecule has 1 aromatic carbocycles. The van der Waals surface area contributed by atoms with E-state index in [2.05, 4.69) is 15.6 Å². The summed E-state index contributed by atoms with van der Waals surface area (Å²) in [7, 11) is 0. The van der Waals surface area contributed by atoms with Crippen molar-refractivity contribution in [3.8, 4) is 10.6 Å². The molecule has 8 heteroatoms. The fourth-order valence-corrected chi connectivity index (χ4v) is 2.53. The van der Waals surface area contributed by atoms with Crippen molar-refractivity contribution in [2.45, 2.75) is 13.3 Å². The van der Waals surface area contributed by atoms with Crippen LogP contribution in [-0.2, 0) is 9.53 Å². The Kier molecular flexibility index (Phi) is 6.44. The van der Waals surface area contributed by atoms with Crippen molar-refractivity contribution in [3.63, 3.8) is 0 Å². The van der Waals surface area contributed by atoms with Gasteiger partial charge in [-0.05, 0) is 6.42 Å². The number of carbonyl (C=O) groups is 3. The molecule has 7 nitrogen and oxygen atoms in total. The highest BCUT2D eigenvalue weighted by molar-refractivity contribution is 7.13. The summed E-state index contributed by atoms with van der Waals surface area (Å²) >= 11 is 1.31. The molecule has 2 N–H and O–H groups in total. The van der Waals surface area contributed by atoms with Crippen LogP contribution in [0.2, 0.25) is 0 Å². The molecule has 0 aliphatic rings. The summed E-state index contributed by atoms with van der Waals surface area (Å²) in [4.78, 5) is 38.9. The molecule has 0 aliphatic heterocycles. The quantitative estimate of drug-likeness (QED) is 0.781. The molecule has 1 heterocycles. The van der Waals surface area contributed by atoms with Crippen LogP contribution in [0, 0.1) is 0 Å². The minimum Gasteiger partial charge on any atom is -0.451 e. The maximum Gasteiger partial charge on any atom is 0.358 e. The highest BCUT2D eigenvalue weighted by Gasteiger charge is 2.15. The molecule has 126 valence electrons. The Hall–Kier alpha value is -2.74. The molecule has 2 rings (SSSR count). The van der Waals surface area contributed by atoms with E-state index in [9.17, 15) is 14.4 Å².